The zero-order chi connectivity index (χ0) is 21.4. The van der Waals surface area contributed by atoms with E-state index < -0.39 is 6.10 Å². The molecule has 162 valence electrons. The van der Waals surface area contributed by atoms with Crippen LogP contribution < -0.4 is 0 Å². The van der Waals surface area contributed by atoms with Crippen LogP contribution in [-0.2, 0) is 4.79 Å². The minimum Gasteiger partial charge on any atom is -0.392 e. The van der Waals surface area contributed by atoms with Gasteiger partial charge in [-0.25, -0.2) is 0 Å². The van der Waals surface area contributed by atoms with E-state index in [9.17, 15) is 15.0 Å². The van der Waals surface area contributed by atoms with Crippen LogP contribution in [0.1, 0.15) is 65.2 Å². The maximum Gasteiger partial charge on any atom is 0.222 e. The monoisotopic (exact) mass is 401 g/mol. The van der Waals surface area contributed by atoms with Crippen molar-refractivity contribution in [2.24, 2.45) is 23.7 Å². The van der Waals surface area contributed by atoms with Gasteiger partial charge in [-0.15, -0.1) is 11.8 Å². The van der Waals surface area contributed by atoms with Crippen molar-refractivity contribution in [2.75, 3.05) is 14.1 Å². The Bertz CT molecular complexity index is 655. The smallest absolute Gasteiger partial charge is 0.222 e. The van der Waals surface area contributed by atoms with Crippen molar-refractivity contribution in [1.82, 2.24) is 4.90 Å². The molecule has 0 saturated heterocycles. The third-order valence-electron chi connectivity index (χ3n) is 6.60. The highest BCUT2D eigenvalue weighted by molar-refractivity contribution is 5.75. The Balaban J connectivity index is 1.82. The molecule has 2 fully saturated rings. The Hall–Kier alpha value is -1.57. The third-order valence-corrected chi connectivity index (χ3v) is 6.60. The molecule has 0 aromatic heterocycles. The zero-order valence-electron chi connectivity index (χ0n) is 18.6. The van der Waals surface area contributed by atoms with Crippen molar-refractivity contribution in [3.8, 4) is 11.8 Å². The van der Waals surface area contributed by atoms with Crippen molar-refractivity contribution in [3.63, 3.8) is 0 Å². The fourth-order valence-electron chi connectivity index (χ4n) is 4.71. The molecule has 2 aliphatic rings. The van der Waals surface area contributed by atoms with Gasteiger partial charge in [0.15, 0.2) is 0 Å². The molecule has 0 aromatic carbocycles. The number of nitrogens with zero attached hydrogens (tertiary/aromatic N) is 1. The summed E-state index contributed by atoms with van der Waals surface area (Å²) < 4.78 is 0. The highest BCUT2D eigenvalue weighted by atomic mass is 16.3. The number of aliphatic hydroxyl groups is 2. The van der Waals surface area contributed by atoms with E-state index in [1.165, 1.54) is 5.57 Å². The van der Waals surface area contributed by atoms with E-state index in [0.29, 0.717) is 24.7 Å². The summed E-state index contributed by atoms with van der Waals surface area (Å²) in [5, 5.41) is 20.9. The summed E-state index contributed by atoms with van der Waals surface area (Å²) in [6, 6.07) is 0. The highest BCUT2D eigenvalue weighted by Crippen LogP contribution is 2.50. The second-order valence-electron chi connectivity index (χ2n) is 9.09. The first-order valence-electron chi connectivity index (χ1n) is 11.2. The van der Waals surface area contributed by atoms with E-state index >= 15 is 0 Å². The number of rotatable bonds is 9. The summed E-state index contributed by atoms with van der Waals surface area (Å²) in [5.74, 6) is 7.40. The minimum absolute atomic E-state index is 0.103. The van der Waals surface area contributed by atoms with Gasteiger partial charge in [0.1, 0.15) is 0 Å². The quantitative estimate of drug-likeness (QED) is 0.350. The Kier molecular flexibility index (Phi) is 9.46. The molecule has 0 heterocycles. The number of carbonyl (C=O) groups excluding carboxylic acids is 1. The summed E-state index contributed by atoms with van der Waals surface area (Å²) in [6.45, 7) is 3.83. The van der Waals surface area contributed by atoms with Crippen LogP contribution in [0.5, 0.6) is 0 Å². The molecule has 29 heavy (non-hydrogen) atoms. The average molecular weight is 402 g/mol. The summed E-state index contributed by atoms with van der Waals surface area (Å²) in [5.41, 5.74) is 1.51. The van der Waals surface area contributed by atoms with Crippen LogP contribution in [0, 0.1) is 35.5 Å². The molecule has 0 aliphatic heterocycles. The maximum absolute atomic E-state index is 11.6. The normalized spacial score (nSPS) is 29.5. The number of amides is 1. The van der Waals surface area contributed by atoms with Crippen LogP contribution in [0.25, 0.3) is 0 Å². The molecule has 2 aliphatic carbocycles. The van der Waals surface area contributed by atoms with Crippen LogP contribution in [0.3, 0.4) is 0 Å². The maximum atomic E-state index is 11.6. The number of hydrogen-bond donors (Lipinski definition) is 2. The molecule has 6 atom stereocenters. The second-order valence-corrected chi connectivity index (χ2v) is 9.09. The van der Waals surface area contributed by atoms with Gasteiger partial charge < -0.3 is 15.1 Å². The predicted molar refractivity (Wildman–Crippen MR) is 118 cm³/mol. The van der Waals surface area contributed by atoms with Crippen LogP contribution in [-0.4, -0.2) is 47.3 Å². The molecule has 0 radical (unpaired) electrons. The van der Waals surface area contributed by atoms with Gasteiger partial charge in [0.2, 0.25) is 5.91 Å². The van der Waals surface area contributed by atoms with Crippen LogP contribution in [0.2, 0.25) is 0 Å². The zero-order valence-corrected chi connectivity index (χ0v) is 18.6. The van der Waals surface area contributed by atoms with Gasteiger partial charge in [-0.2, -0.15) is 0 Å². The molecular weight excluding hydrogens is 362 g/mol. The van der Waals surface area contributed by atoms with Gasteiger partial charge in [0.05, 0.1) is 12.2 Å². The minimum atomic E-state index is -0.511. The number of unbranched alkanes of at least 4 members (excludes halogenated alkanes) is 2. The van der Waals surface area contributed by atoms with Crippen molar-refractivity contribution in [3.05, 3.63) is 23.8 Å². The molecule has 2 rings (SSSR count). The lowest BCUT2D eigenvalue weighted by atomic mass is 9.89. The number of fused-ring (bicyclic) bond motifs is 1. The molecular formula is C25H39NO3. The molecule has 4 nitrogen and oxygen atoms in total. The molecule has 0 spiro atoms. The van der Waals surface area contributed by atoms with E-state index in [-0.39, 0.29) is 23.8 Å². The molecule has 1 amide bonds. The first-order chi connectivity index (χ1) is 13.8. The summed E-state index contributed by atoms with van der Waals surface area (Å²) in [6.07, 6.45) is 12.9. The fourth-order valence-corrected chi connectivity index (χ4v) is 4.71. The van der Waals surface area contributed by atoms with Gasteiger partial charge in [-0.05, 0) is 63.2 Å². The Morgan fingerprint density at radius 3 is 2.76 bits per heavy atom. The molecule has 0 aromatic rings. The van der Waals surface area contributed by atoms with Crippen LogP contribution >= 0.6 is 0 Å². The van der Waals surface area contributed by atoms with Gasteiger partial charge in [0, 0.05) is 32.9 Å². The SMILES string of the molecule is CC#CC[C@H](C)[C@H](O)C=C[C@@H]1[C@H]2CC(=CCCCCC(=O)N(C)C)C[C@H]2C[C@H]1O. The van der Waals surface area contributed by atoms with E-state index in [1.807, 2.05) is 19.9 Å². The van der Waals surface area contributed by atoms with Gasteiger partial charge >= 0.3 is 0 Å². The molecule has 0 bridgehead atoms. The number of hydrogen-bond acceptors (Lipinski definition) is 3. The van der Waals surface area contributed by atoms with E-state index in [4.69, 9.17) is 0 Å². The first-order valence-corrected chi connectivity index (χ1v) is 11.2. The topological polar surface area (TPSA) is 60.8 Å². The molecule has 0 unspecified atom stereocenters. The lowest BCUT2D eigenvalue weighted by molar-refractivity contribution is -0.128. The van der Waals surface area contributed by atoms with Crippen molar-refractivity contribution in [2.45, 2.75) is 77.4 Å². The highest BCUT2D eigenvalue weighted by Gasteiger charge is 2.44. The largest absolute Gasteiger partial charge is 0.392 e. The standard InChI is InChI=1S/C25H39NO3/c1-5-6-10-18(2)23(27)14-13-21-22-16-19(15-20(22)17-24(21)28)11-8-7-9-12-25(29)26(3)4/h11,13-14,18,20-24,27-28H,7-10,12,15-17H2,1-4H3/t18-,20-,21+,22-,23+,24+/m0/s1. The molecule has 2 saturated carbocycles. The van der Waals surface area contributed by atoms with E-state index in [2.05, 4.69) is 24.0 Å². The summed E-state index contributed by atoms with van der Waals surface area (Å²) in [7, 11) is 3.61. The molecule has 4 heteroatoms. The lowest BCUT2D eigenvalue weighted by Gasteiger charge is -2.19. The van der Waals surface area contributed by atoms with Crippen LogP contribution in [0.4, 0.5) is 0 Å². The fraction of sp³-hybridized carbons (Fsp3) is 0.720. The van der Waals surface area contributed by atoms with Crippen molar-refractivity contribution >= 4 is 5.91 Å². The van der Waals surface area contributed by atoms with Crippen LogP contribution in [0.15, 0.2) is 23.8 Å². The predicted octanol–water partition coefficient (Wildman–Crippen LogP) is 3.94. The number of allylic oxidation sites excluding steroid dienone is 2. The first kappa shape index (κ1) is 23.7. The number of aliphatic hydroxyl groups excluding tert-OH is 2. The average Bonchev–Trinajstić information content (AvgIpc) is 3.19. The van der Waals surface area contributed by atoms with E-state index in [0.717, 1.165) is 38.5 Å². The Morgan fingerprint density at radius 1 is 1.31 bits per heavy atom. The molecule has 2 N–H and O–H groups in total. The Morgan fingerprint density at radius 2 is 2.07 bits per heavy atom. The lowest BCUT2D eigenvalue weighted by Crippen LogP contribution is -2.20. The van der Waals surface area contributed by atoms with Crippen molar-refractivity contribution < 1.29 is 15.0 Å². The Labute approximate surface area is 177 Å². The van der Waals surface area contributed by atoms with Gasteiger partial charge in [0.25, 0.3) is 0 Å². The summed E-state index contributed by atoms with van der Waals surface area (Å²) >= 11 is 0. The summed E-state index contributed by atoms with van der Waals surface area (Å²) in [4.78, 5) is 13.3. The van der Waals surface area contributed by atoms with Gasteiger partial charge in [-0.3, -0.25) is 4.79 Å². The third kappa shape index (κ3) is 7.01. The number of carbonyl (C=O) groups is 1. The van der Waals surface area contributed by atoms with E-state index in [1.54, 1.807) is 19.0 Å². The second kappa shape index (κ2) is 11.6. The van der Waals surface area contributed by atoms with Crippen molar-refractivity contribution in [1.29, 1.82) is 0 Å². The van der Waals surface area contributed by atoms with Gasteiger partial charge in [-0.1, -0.05) is 30.7 Å².